The van der Waals surface area contributed by atoms with Crippen molar-refractivity contribution < 1.29 is 13.2 Å². The van der Waals surface area contributed by atoms with Crippen molar-refractivity contribution in [2.45, 2.75) is 25.5 Å². The molecule has 2 aromatic rings. The van der Waals surface area contributed by atoms with E-state index in [0.29, 0.717) is 12.1 Å². The van der Waals surface area contributed by atoms with Gasteiger partial charge in [-0.15, -0.1) is 0 Å². The second-order valence-corrected chi connectivity index (χ2v) is 7.76. The van der Waals surface area contributed by atoms with Gasteiger partial charge >= 0.3 is 0 Å². The summed E-state index contributed by atoms with van der Waals surface area (Å²) in [4.78, 5) is 13.5. The monoisotopic (exact) mass is 344 g/mol. The molecule has 0 aliphatic carbocycles. The lowest BCUT2D eigenvalue weighted by Crippen LogP contribution is -2.23. The summed E-state index contributed by atoms with van der Waals surface area (Å²) in [6, 6.07) is 14.3. The molecule has 2 aromatic carbocycles. The van der Waals surface area contributed by atoms with Crippen LogP contribution in [0.3, 0.4) is 0 Å². The van der Waals surface area contributed by atoms with Gasteiger partial charge < -0.3 is 4.90 Å². The van der Waals surface area contributed by atoms with Gasteiger partial charge in [0.1, 0.15) is 0 Å². The standard InChI is InChI=1S/C18H20N2O3S/c1-14-4-6-15(7-5-14)13-24(22,23)19-16-8-10-17(11-9-16)20-12-2-3-18(20)21/h4-11,19H,2-3,12-13H2,1H3. The second kappa shape index (κ2) is 6.65. The Morgan fingerprint density at radius 3 is 2.29 bits per heavy atom. The number of carbonyl (C=O) groups excluding carboxylic acids is 1. The average Bonchev–Trinajstić information content (AvgIpc) is 2.96. The first-order valence-electron chi connectivity index (χ1n) is 7.89. The normalized spacial score (nSPS) is 14.9. The highest BCUT2D eigenvalue weighted by Crippen LogP contribution is 2.23. The maximum Gasteiger partial charge on any atom is 0.236 e. The van der Waals surface area contributed by atoms with Crippen molar-refractivity contribution in [3.05, 3.63) is 59.7 Å². The highest BCUT2D eigenvalue weighted by molar-refractivity contribution is 7.91. The number of amides is 1. The molecule has 1 amide bonds. The maximum absolute atomic E-state index is 12.3. The Labute approximate surface area is 142 Å². The van der Waals surface area contributed by atoms with E-state index in [1.54, 1.807) is 29.2 Å². The number of carbonyl (C=O) groups is 1. The Hall–Kier alpha value is -2.34. The van der Waals surface area contributed by atoms with Crippen LogP contribution >= 0.6 is 0 Å². The SMILES string of the molecule is Cc1ccc(CS(=O)(=O)Nc2ccc(N3CCCC3=O)cc2)cc1. The van der Waals surface area contributed by atoms with E-state index in [0.717, 1.165) is 29.8 Å². The van der Waals surface area contributed by atoms with Crippen LogP contribution in [0.15, 0.2) is 48.5 Å². The van der Waals surface area contributed by atoms with Gasteiger partial charge in [0.15, 0.2) is 0 Å². The molecule has 126 valence electrons. The summed E-state index contributed by atoms with van der Waals surface area (Å²) in [6.45, 7) is 2.68. The molecule has 1 aliphatic rings. The molecule has 6 heteroatoms. The summed E-state index contributed by atoms with van der Waals surface area (Å²) >= 11 is 0. The smallest absolute Gasteiger partial charge is 0.236 e. The minimum atomic E-state index is -3.47. The van der Waals surface area contributed by atoms with Crippen molar-refractivity contribution in [3.8, 4) is 0 Å². The lowest BCUT2D eigenvalue weighted by atomic mass is 10.2. The van der Waals surface area contributed by atoms with Crippen molar-refractivity contribution in [2.24, 2.45) is 0 Å². The van der Waals surface area contributed by atoms with E-state index in [-0.39, 0.29) is 11.7 Å². The Balaban J connectivity index is 1.68. The number of aryl methyl sites for hydroxylation is 1. The molecule has 1 aliphatic heterocycles. The number of anilines is 2. The first-order chi connectivity index (χ1) is 11.4. The zero-order valence-corrected chi connectivity index (χ0v) is 14.3. The van der Waals surface area contributed by atoms with Gasteiger partial charge in [0.2, 0.25) is 15.9 Å². The van der Waals surface area contributed by atoms with Crippen LogP contribution in [0.1, 0.15) is 24.0 Å². The van der Waals surface area contributed by atoms with Crippen LogP contribution in [0.4, 0.5) is 11.4 Å². The molecule has 0 atom stereocenters. The number of benzene rings is 2. The fourth-order valence-corrected chi connectivity index (χ4v) is 3.95. The number of rotatable bonds is 5. The topological polar surface area (TPSA) is 66.5 Å². The number of nitrogens with zero attached hydrogens (tertiary/aromatic N) is 1. The predicted molar refractivity (Wildman–Crippen MR) is 95.5 cm³/mol. The Morgan fingerprint density at radius 1 is 1.04 bits per heavy atom. The Morgan fingerprint density at radius 2 is 1.71 bits per heavy atom. The molecular weight excluding hydrogens is 324 g/mol. The van der Waals surface area contributed by atoms with E-state index in [1.807, 2.05) is 31.2 Å². The van der Waals surface area contributed by atoms with Gasteiger partial charge in [-0.3, -0.25) is 9.52 Å². The van der Waals surface area contributed by atoms with Crippen molar-refractivity contribution in [1.82, 2.24) is 0 Å². The molecule has 0 bridgehead atoms. The third-order valence-corrected chi connectivity index (χ3v) is 5.26. The third-order valence-electron chi connectivity index (χ3n) is 4.00. The fourth-order valence-electron chi connectivity index (χ4n) is 2.75. The molecule has 0 saturated carbocycles. The van der Waals surface area contributed by atoms with E-state index >= 15 is 0 Å². The molecule has 0 spiro atoms. The largest absolute Gasteiger partial charge is 0.312 e. The maximum atomic E-state index is 12.3. The predicted octanol–water partition coefficient (Wildman–Crippen LogP) is 3.06. The highest BCUT2D eigenvalue weighted by Gasteiger charge is 2.21. The summed E-state index contributed by atoms with van der Waals surface area (Å²) in [5.74, 6) is 0.0438. The van der Waals surface area contributed by atoms with Crippen LogP contribution < -0.4 is 9.62 Å². The molecular formula is C18H20N2O3S. The Bertz CT molecular complexity index is 828. The average molecular weight is 344 g/mol. The van der Waals surface area contributed by atoms with E-state index in [4.69, 9.17) is 0 Å². The van der Waals surface area contributed by atoms with Crippen LogP contribution in [0, 0.1) is 6.92 Å². The summed E-state index contributed by atoms with van der Waals surface area (Å²) in [6.07, 6.45) is 1.44. The summed E-state index contributed by atoms with van der Waals surface area (Å²) in [7, 11) is -3.47. The number of nitrogens with one attached hydrogen (secondary N) is 1. The first kappa shape index (κ1) is 16.5. The van der Waals surface area contributed by atoms with Crippen molar-refractivity contribution in [3.63, 3.8) is 0 Å². The zero-order valence-electron chi connectivity index (χ0n) is 13.5. The first-order valence-corrected chi connectivity index (χ1v) is 9.55. The van der Waals surface area contributed by atoms with Crippen LogP contribution in [-0.4, -0.2) is 20.9 Å². The quantitative estimate of drug-likeness (QED) is 0.906. The van der Waals surface area contributed by atoms with Crippen molar-refractivity contribution >= 4 is 27.3 Å². The molecule has 24 heavy (non-hydrogen) atoms. The molecule has 0 unspecified atom stereocenters. The van der Waals surface area contributed by atoms with Gasteiger partial charge in [-0.25, -0.2) is 8.42 Å². The lowest BCUT2D eigenvalue weighted by Gasteiger charge is -2.16. The third kappa shape index (κ3) is 3.94. The van der Waals surface area contributed by atoms with Crippen molar-refractivity contribution in [2.75, 3.05) is 16.2 Å². The van der Waals surface area contributed by atoms with Gasteiger partial charge in [-0.05, 0) is 43.2 Å². The highest BCUT2D eigenvalue weighted by atomic mass is 32.2. The molecule has 0 radical (unpaired) electrons. The number of hydrogen-bond acceptors (Lipinski definition) is 3. The molecule has 1 N–H and O–H groups in total. The van der Waals surface area contributed by atoms with E-state index in [1.165, 1.54) is 0 Å². The van der Waals surface area contributed by atoms with Gasteiger partial charge in [0.05, 0.1) is 5.75 Å². The van der Waals surface area contributed by atoms with Crippen LogP contribution in [0.25, 0.3) is 0 Å². The van der Waals surface area contributed by atoms with Crippen LogP contribution in [0.5, 0.6) is 0 Å². The molecule has 5 nitrogen and oxygen atoms in total. The van der Waals surface area contributed by atoms with Crippen molar-refractivity contribution in [1.29, 1.82) is 0 Å². The second-order valence-electron chi connectivity index (χ2n) is 6.04. The van der Waals surface area contributed by atoms with E-state index in [9.17, 15) is 13.2 Å². The molecule has 1 heterocycles. The molecule has 1 saturated heterocycles. The zero-order chi connectivity index (χ0) is 17.2. The van der Waals surface area contributed by atoms with Crippen LogP contribution in [0.2, 0.25) is 0 Å². The van der Waals surface area contributed by atoms with Gasteiger partial charge in [-0.1, -0.05) is 29.8 Å². The number of hydrogen-bond donors (Lipinski definition) is 1. The van der Waals surface area contributed by atoms with Gasteiger partial charge in [0, 0.05) is 24.3 Å². The fraction of sp³-hybridized carbons (Fsp3) is 0.278. The Kier molecular flexibility index (Phi) is 4.57. The summed E-state index contributed by atoms with van der Waals surface area (Å²) in [5, 5.41) is 0. The van der Waals surface area contributed by atoms with Gasteiger partial charge in [0.25, 0.3) is 0 Å². The van der Waals surface area contributed by atoms with Crippen LogP contribution in [-0.2, 0) is 20.6 Å². The minimum Gasteiger partial charge on any atom is -0.312 e. The van der Waals surface area contributed by atoms with Gasteiger partial charge in [-0.2, -0.15) is 0 Å². The van der Waals surface area contributed by atoms with E-state index < -0.39 is 10.0 Å². The molecule has 0 aromatic heterocycles. The summed E-state index contributed by atoms with van der Waals surface area (Å²) in [5.41, 5.74) is 3.14. The molecule has 1 fully saturated rings. The molecule has 3 rings (SSSR count). The lowest BCUT2D eigenvalue weighted by molar-refractivity contribution is -0.117. The van der Waals surface area contributed by atoms with E-state index in [2.05, 4.69) is 4.72 Å². The number of sulfonamides is 1. The summed E-state index contributed by atoms with van der Waals surface area (Å²) < 4.78 is 27.1. The minimum absolute atomic E-state index is 0.0698.